The summed E-state index contributed by atoms with van der Waals surface area (Å²) < 4.78 is 5.99. The van der Waals surface area contributed by atoms with Crippen LogP contribution in [0.5, 0.6) is 0 Å². The third kappa shape index (κ3) is 6.04. The quantitative estimate of drug-likeness (QED) is 0.263. The molecule has 0 saturated heterocycles. The van der Waals surface area contributed by atoms with E-state index in [0.717, 1.165) is 66.6 Å². The normalized spacial score (nSPS) is 38.1. The Bertz CT molecular complexity index is 940. The van der Waals surface area contributed by atoms with Gasteiger partial charge in [0, 0.05) is 11.4 Å². The van der Waals surface area contributed by atoms with E-state index in [1.54, 1.807) is 18.2 Å². The fraction of sp³-hybridized carbons (Fsp3) is 0.794. The van der Waals surface area contributed by atoms with Crippen LogP contribution in [0.2, 0.25) is 0 Å². The average molecular weight is 525 g/mol. The lowest BCUT2D eigenvalue weighted by atomic mass is 9.50. The average Bonchev–Trinajstić information content (AvgIpc) is 3.29. The minimum absolute atomic E-state index is 0.0279. The molecule has 0 amide bonds. The molecule has 4 N–H and O–H groups in total. The molecule has 0 bridgehead atoms. The highest BCUT2D eigenvalue weighted by Gasteiger charge is 2.54. The summed E-state index contributed by atoms with van der Waals surface area (Å²) in [4.78, 5) is 12.9. The zero-order chi connectivity index (χ0) is 27.8. The highest BCUT2D eigenvalue weighted by atomic mass is 16.5. The van der Waals surface area contributed by atoms with Gasteiger partial charge in [-0.1, -0.05) is 67.7 Å². The van der Waals surface area contributed by atoms with Crippen molar-refractivity contribution in [3.8, 4) is 0 Å². The van der Waals surface area contributed by atoms with Gasteiger partial charge in [-0.2, -0.15) is 0 Å². The van der Waals surface area contributed by atoms with Crippen LogP contribution in [0.1, 0.15) is 117 Å². The number of esters is 1. The molecule has 214 valence electrons. The van der Waals surface area contributed by atoms with Gasteiger partial charge in [0.15, 0.2) is 0 Å². The van der Waals surface area contributed by atoms with E-state index in [1.165, 1.54) is 38.5 Å². The van der Waals surface area contributed by atoms with E-state index >= 15 is 0 Å². The van der Waals surface area contributed by atoms with E-state index < -0.39 is 0 Å². The summed E-state index contributed by atoms with van der Waals surface area (Å²) in [6.45, 7) is 17.4. The Balaban J connectivity index is 1.38. The van der Waals surface area contributed by atoms with Gasteiger partial charge in [-0.05, 0) is 115 Å². The first-order chi connectivity index (χ1) is 17.9. The molecular weight excluding hydrogens is 468 g/mol. The molecule has 1 aromatic rings. The van der Waals surface area contributed by atoms with Crippen LogP contribution < -0.4 is 11.5 Å². The van der Waals surface area contributed by atoms with Gasteiger partial charge < -0.3 is 16.2 Å². The summed E-state index contributed by atoms with van der Waals surface area (Å²) in [5.41, 5.74) is 13.6. The van der Waals surface area contributed by atoms with Crippen LogP contribution in [-0.4, -0.2) is 12.1 Å². The summed E-state index contributed by atoms with van der Waals surface area (Å²) in [5, 5.41) is 0. The van der Waals surface area contributed by atoms with Crippen LogP contribution in [-0.2, 0) is 4.74 Å². The fourth-order valence-electron chi connectivity index (χ4n) is 9.38. The maximum Gasteiger partial charge on any atom is 0.338 e. The topological polar surface area (TPSA) is 78.3 Å². The summed E-state index contributed by atoms with van der Waals surface area (Å²) in [6.07, 6.45) is 11.4. The minimum Gasteiger partial charge on any atom is -0.459 e. The van der Waals surface area contributed by atoms with Crippen molar-refractivity contribution in [1.82, 2.24) is 0 Å². The zero-order valence-electron chi connectivity index (χ0n) is 25.3. The van der Waals surface area contributed by atoms with Crippen molar-refractivity contribution >= 4 is 17.3 Å². The first-order valence-corrected chi connectivity index (χ1v) is 15.8. The summed E-state index contributed by atoms with van der Waals surface area (Å²) in [7, 11) is 0. The van der Waals surface area contributed by atoms with Crippen LogP contribution in [0.15, 0.2) is 18.2 Å². The zero-order valence-corrected chi connectivity index (χ0v) is 25.3. The smallest absolute Gasteiger partial charge is 0.338 e. The number of nitrogen functional groups attached to an aromatic ring is 2. The van der Waals surface area contributed by atoms with Crippen molar-refractivity contribution < 1.29 is 9.53 Å². The van der Waals surface area contributed by atoms with E-state index in [0.29, 0.717) is 28.3 Å². The molecule has 4 nitrogen and oxygen atoms in total. The van der Waals surface area contributed by atoms with Gasteiger partial charge in [-0.3, -0.25) is 0 Å². The number of ether oxygens (including phenoxy) is 1. The monoisotopic (exact) mass is 524 g/mol. The van der Waals surface area contributed by atoms with Crippen molar-refractivity contribution in [2.24, 2.45) is 58.7 Å². The standard InChI is InChI=1S/C34H56N2O2/c1-20(2)9-8-10-21(3)29-11-12-30-24(6)31(15-22(4)32(29)30)34(7)14-13-28(16-23(34)5)38-33(37)25-17-26(35)19-27(36)18-25/h17-24,28-32H,8-16,35-36H2,1-7H3. The third-order valence-electron chi connectivity index (χ3n) is 11.7. The van der Waals surface area contributed by atoms with Crippen LogP contribution in [0.3, 0.4) is 0 Å². The maximum atomic E-state index is 12.9. The van der Waals surface area contributed by atoms with E-state index in [1.807, 2.05) is 0 Å². The van der Waals surface area contributed by atoms with E-state index in [9.17, 15) is 4.79 Å². The number of anilines is 2. The van der Waals surface area contributed by atoms with Crippen molar-refractivity contribution in [2.45, 2.75) is 112 Å². The molecule has 0 heterocycles. The van der Waals surface area contributed by atoms with Gasteiger partial charge in [-0.25, -0.2) is 4.79 Å². The van der Waals surface area contributed by atoms with Crippen molar-refractivity contribution in [3.05, 3.63) is 23.8 Å². The first-order valence-electron chi connectivity index (χ1n) is 15.8. The Labute approximate surface area is 233 Å². The lowest BCUT2D eigenvalue weighted by molar-refractivity contribution is -0.0833. The predicted molar refractivity (Wildman–Crippen MR) is 160 cm³/mol. The second-order valence-electron chi connectivity index (χ2n) is 14.6. The Kier molecular flexibility index (Phi) is 9.09. The molecule has 4 heteroatoms. The highest BCUT2D eigenvalue weighted by molar-refractivity contribution is 5.91. The molecule has 10 atom stereocenters. The van der Waals surface area contributed by atoms with Crippen LogP contribution in [0.25, 0.3) is 0 Å². The van der Waals surface area contributed by atoms with Crippen LogP contribution >= 0.6 is 0 Å². The molecule has 3 saturated carbocycles. The fourth-order valence-corrected chi connectivity index (χ4v) is 9.38. The van der Waals surface area contributed by atoms with Crippen molar-refractivity contribution in [1.29, 1.82) is 0 Å². The summed E-state index contributed by atoms with van der Waals surface area (Å²) in [6, 6.07) is 5.00. The third-order valence-corrected chi connectivity index (χ3v) is 11.7. The number of rotatable bonds is 8. The molecular formula is C34H56N2O2. The van der Waals surface area contributed by atoms with E-state index in [-0.39, 0.29) is 12.1 Å². The number of hydrogen-bond acceptors (Lipinski definition) is 4. The summed E-state index contributed by atoms with van der Waals surface area (Å²) >= 11 is 0. The van der Waals surface area contributed by atoms with Gasteiger partial charge in [0.1, 0.15) is 6.10 Å². The molecule has 0 aromatic heterocycles. The molecule has 1 aromatic carbocycles. The molecule has 3 fully saturated rings. The van der Waals surface area contributed by atoms with Crippen molar-refractivity contribution in [2.75, 3.05) is 11.5 Å². The summed E-state index contributed by atoms with van der Waals surface area (Å²) in [5.74, 6) is 7.00. The molecule has 10 unspecified atom stereocenters. The maximum absolute atomic E-state index is 12.9. The molecule has 38 heavy (non-hydrogen) atoms. The number of benzene rings is 1. The Morgan fingerprint density at radius 1 is 1.00 bits per heavy atom. The Morgan fingerprint density at radius 3 is 2.32 bits per heavy atom. The van der Waals surface area contributed by atoms with Gasteiger partial charge >= 0.3 is 5.97 Å². The minimum atomic E-state index is -0.299. The largest absolute Gasteiger partial charge is 0.459 e. The molecule has 0 aliphatic heterocycles. The predicted octanol–water partition coefficient (Wildman–Crippen LogP) is 8.60. The number of carbonyl (C=O) groups is 1. The van der Waals surface area contributed by atoms with Crippen LogP contribution in [0, 0.1) is 58.7 Å². The Hall–Kier alpha value is -1.71. The van der Waals surface area contributed by atoms with Gasteiger partial charge in [-0.15, -0.1) is 0 Å². The Morgan fingerprint density at radius 2 is 1.68 bits per heavy atom. The van der Waals surface area contributed by atoms with Crippen molar-refractivity contribution in [3.63, 3.8) is 0 Å². The number of fused-ring (bicyclic) bond motifs is 1. The van der Waals surface area contributed by atoms with Crippen LogP contribution in [0.4, 0.5) is 11.4 Å². The second-order valence-corrected chi connectivity index (χ2v) is 14.6. The van der Waals surface area contributed by atoms with Gasteiger partial charge in [0.05, 0.1) is 5.56 Å². The number of carbonyl (C=O) groups excluding carboxylic acids is 1. The van der Waals surface area contributed by atoms with Gasteiger partial charge in [0.25, 0.3) is 0 Å². The number of nitrogens with two attached hydrogens (primary N) is 2. The lowest BCUT2D eigenvalue weighted by Gasteiger charge is -2.55. The van der Waals surface area contributed by atoms with Gasteiger partial charge in [0.2, 0.25) is 0 Å². The number of hydrogen-bond donors (Lipinski definition) is 2. The van der Waals surface area contributed by atoms with E-state index in [4.69, 9.17) is 16.2 Å². The molecule has 0 radical (unpaired) electrons. The highest BCUT2D eigenvalue weighted by Crippen LogP contribution is 2.61. The molecule has 3 aliphatic rings. The SMILES string of the molecule is CC(C)CCCC(C)C1CCC2C(C)C(C3(C)CCC(OC(=O)c4cc(N)cc(N)c4)CC3C)CC(C)C12. The lowest BCUT2D eigenvalue weighted by Crippen LogP contribution is -2.49. The first kappa shape index (κ1) is 29.3. The molecule has 4 rings (SSSR count). The molecule has 3 aliphatic carbocycles. The van der Waals surface area contributed by atoms with E-state index in [2.05, 4.69) is 48.5 Å². The second kappa shape index (κ2) is 11.8. The molecule has 0 spiro atoms.